The van der Waals surface area contributed by atoms with E-state index in [0.29, 0.717) is 18.2 Å². The molecule has 14 heavy (non-hydrogen) atoms. The van der Waals surface area contributed by atoms with Gasteiger partial charge in [-0.2, -0.15) is 4.98 Å². The van der Waals surface area contributed by atoms with Gasteiger partial charge in [-0.25, -0.2) is 4.98 Å². The van der Waals surface area contributed by atoms with Gasteiger partial charge >= 0.3 is 0 Å². The quantitative estimate of drug-likeness (QED) is 0.753. The van der Waals surface area contributed by atoms with Crippen LogP contribution in [0.25, 0.3) is 0 Å². The highest BCUT2D eigenvalue weighted by Crippen LogP contribution is 2.06. The van der Waals surface area contributed by atoms with Crippen molar-refractivity contribution >= 4 is 17.7 Å². The Morgan fingerprint density at radius 3 is 2.93 bits per heavy atom. The number of hydrogen-bond donors (Lipinski definition) is 2. The van der Waals surface area contributed by atoms with Crippen LogP contribution in [0.1, 0.15) is 20.3 Å². The number of carbonyl (C=O) groups is 1. The Morgan fingerprint density at radius 1 is 1.64 bits per heavy atom. The zero-order chi connectivity index (χ0) is 10.6. The predicted octanol–water partition coefficient (Wildman–Crippen LogP) is 1.04. The maximum absolute atomic E-state index is 11.3. The molecular weight excluding hydrogens is 180 g/mol. The lowest BCUT2D eigenvalue weighted by atomic mass is 10.1. The van der Waals surface area contributed by atoms with Crippen molar-refractivity contribution in [3.05, 3.63) is 12.3 Å². The molecule has 5 heteroatoms. The molecular formula is C9H14N4O. The molecule has 0 aliphatic rings. The summed E-state index contributed by atoms with van der Waals surface area (Å²) in [5, 5.41) is 2.64. The molecule has 0 spiro atoms. The van der Waals surface area contributed by atoms with Gasteiger partial charge in [0.2, 0.25) is 11.9 Å². The first-order valence-corrected chi connectivity index (χ1v) is 4.46. The minimum Gasteiger partial charge on any atom is -0.368 e. The van der Waals surface area contributed by atoms with Crippen molar-refractivity contribution in [1.29, 1.82) is 0 Å². The summed E-state index contributed by atoms with van der Waals surface area (Å²) >= 11 is 0. The van der Waals surface area contributed by atoms with Gasteiger partial charge in [-0.3, -0.25) is 4.79 Å². The molecule has 1 aromatic heterocycles. The summed E-state index contributed by atoms with van der Waals surface area (Å²) in [5.74, 6) is 0.878. The van der Waals surface area contributed by atoms with E-state index in [1.807, 2.05) is 13.8 Å². The summed E-state index contributed by atoms with van der Waals surface area (Å²) in [5.41, 5.74) is 5.36. The van der Waals surface area contributed by atoms with Crippen LogP contribution in [-0.2, 0) is 4.79 Å². The van der Waals surface area contributed by atoms with Gasteiger partial charge < -0.3 is 11.1 Å². The van der Waals surface area contributed by atoms with Crippen LogP contribution in [0.4, 0.5) is 11.8 Å². The fourth-order valence-electron chi connectivity index (χ4n) is 1.01. The predicted molar refractivity (Wildman–Crippen MR) is 54.5 cm³/mol. The second-order valence-corrected chi connectivity index (χ2v) is 3.45. The number of nitrogens with one attached hydrogen (secondary N) is 1. The van der Waals surface area contributed by atoms with Crippen LogP contribution in [-0.4, -0.2) is 15.9 Å². The van der Waals surface area contributed by atoms with Gasteiger partial charge in [-0.15, -0.1) is 0 Å². The number of anilines is 2. The molecule has 76 valence electrons. The van der Waals surface area contributed by atoms with Gasteiger partial charge in [0.15, 0.2) is 0 Å². The molecule has 0 aliphatic heterocycles. The Hall–Kier alpha value is -1.65. The van der Waals surface area contributed by atoms with Crippen LogP contribution in [0.15, 0.2) is 12.3 Å². The van der Waals surface area contributed by atoms with Crippen molar-refractivity contribution in [2.24, 2.45) is 5.92 Å². The van der Waals surface area contributed by atoms with E-state index in [-0.39, 0.29) is 11.9 Å². The maximum atomic E-state index is 11.3. The standard InChI is InChI=1S/C9H14N4O/c1-6(2)5-8(14)12-7-3-4-11-9(10)13-7/h3-4,6H,5H2,1-2H3,(H3,10,11,12,13,14). The van der Waals surface area contributed by atoms with Gasteiger partial charge in [-0.1, -0.05) is 13.8 Å². The number of nitrogens with two attached hydrogens (primary N) is 1. The Balaban J connectivity index is 2.56. The fourth-order valence-corrected chi connectivity index (χ4v) is 1.01. The number of carbonyl (C=O) groups excluding carboxylic acids is 1. The van der Waals surface area contributed by atoms with E-state index in [2.05, 4.69) is 15.3 Å². The van der Waals surface area contributed by atoms with E-state index < -0.39 is 0 Å². The first-order chi connectivity index (χ1) is 6.58. The molecule has 0 atom stereocenters. The Bertz CT molecular complexity index is 324. The van der Waals surface area contributed by atoms with Gasteiger partial charge in [-0.05, 0) is 12.0 Å². The lowest BCUT2D eigenvalue weighted by Gasteiger charge is -2.05. The average Bonchev–Trinajstić information content (AvgIpc) is 2.01. The van der Waals surface area contributed by atoms with Crippen molar-refractivity contribution in [3.8, 4) is 0 Å². The summed E-state index contributed by atoms with van der Waals surface area (Å²) in [6, 6.07) is 1.61. The average molecular weight is 194 g/mol. The number of aromatic nitrogens is 2. The minimum absolute atomic E-state index is 0.0573. The van der Waals surface area contributed by atoms with Crippen molar-refractivity contribution < 1.29 is 4.79 Å². The van der Waals surface area contributed by atoms with Crippen LogP contribution >= 0.6 is 0 Å². The lowest BCUT2D eigenvalue weighted by molar-refractivity contribution is -0.116. The molecule has 0 bridgehead atoms. The van der Waals surface area contributed by atoms with Gasteiger partial charge in [0.1, 0.15) is 5.82 Å². The van der Waals surface area contributed by atoms with Crippen LogP contribution < -0.4 is 11.1 Å². The Labute approximate surface area is 82.7 Å². The van der Waals surface area contributed by atoms with Crippen LogP contribution in [0.3, 0.4) is 0 Å². The van der Waals surface area contributed by atoms with Gasteiger partial charge in [0.25, 0.3) is 0 Å². The summed E-state index contributed by atoms with van der Waals surface area (Å²) in [7, 11) is 0. The molecule has 0 radical (unpaired) electrons. The first kappa shape index (κ1) is 10.4. The van der Waals surface area contributed by atoms with E-state index in [0.717, 1.165) is 0 Å². The molecule has 3 N–H and O–H groups in total. The van der Waals surface area contributed by atoms with E-state index >= 15 is 0 Å². The van der Waals surface area contributed by atoms with Gasteiger partial charge in [0, 0.05) is 12.6 Å². The summed E-state index contributed by atoms with van der Waals surface area (Å²) in [4.78, 5) is 18.9. The molecule has 1 rings (SSSR count). The highest BCUT2D eigenvalue weighted by atomic mass is 16.1. The molecule has 5 nitrogen and oxygen atoms in total. The zero-order valence-corrected chi connectivity index (χ0v) is 8.32. The molecule has 0 unspecified atom stereocenters. The molecule has 0 saturated carbocycles. The summed E-state index contributed by atoms with van der Waals surface area (Å²) in [6.45, 7) is 3.96. The van der Waals surface area contributed by atoms with E-state index in [1.165, 1.54) is 6.20 Å². The molecule has 0 aliphatic carbocycles. The Kier molecular flexibility index (Phi) is 3.39. The van der Waals surface area contributed by atoms with E-state index in [1.54, 1.807) is 6.07 Å². The smallest absolute Gasteiger partial charge is 0.225 e. The number of rotatable bonds is 3. The molecule has 1 heterocycles. The fraction of sp³-hybridized carbons (Fsp3) is 0.444. The largest absolute Gasteiger partial charge is 0.368 e. The number of hydrogen-bond acceptors (Lipinski definition) is 4. The molecule has 1 amide bonds. The number of nitrogen functional groups attached to an aromatic ring is 1. The third kappa shape index (κ3) is 3.38. The molecule has 0 saturated heterocycles. The van der Waals surface area contributed by atoms with Crippen LogP contribution in [0.2, 0.25) is 0 Å². The normalized spacial score (nSPS) is 10.2. The van der Waals surface area contributed by atoms with Gasteiger partial charge in [0.05, 0.1) is 0 Å². The highest BCUT2D eigenvalue weighted by molar-refractivity contribution is 5.89. The van der Waals surface area contributed by atoms with Crippen molar-refractivity contribution in [2.75, 3.05) is 11.1 Å². The molecule has 1 aromatic rings. The SMILES string of the molecule is CC(C)CC(=O)Nc1ccnc(N)n1. The highest BCUT2D eigenvalue weighted by Gasteiger charge is 2.05. The third-order valence-electron chi connectivity index (χ3n) is 1.54. The Morgan fingerprint density at radius 2 is 2.36 bits per heavy atom. The topological polar surface area (TPSA) is 80.9 Å². The van der Waals surface area contributed by atoms with Crippen LogP contribution in [0, 0.1) is 5.92 Å². The molecule has 0 aromatic carbocycles. The molecule has 0 fully saturated rings. The first-order valence-electron chi connectivity index (χ1n) is 4.46. The van der Waals surface area contributed by atoms with E-state index in [4.69, 9.17) is 5.73 Å². The maximum Gasteiger partial charge on any atom is 0.225 e. The third-order valence-corrected chi connectivity index (χ3v) is 1.54. The second kappa shape index (κ2) is 4.55. The van der Waals surface area contributed by atoms with Crippen molar-refractivity contribution in [1.82, 2.24) is 9.97 Å². The lowest BCUT2D eigenvalue weighted by Crippen LogP contribution is -2.15. The van der Waals surface area contributed by atoms with E-state index in [9.17, 15) is 4.79 Å². The summed E-state index contributed by atoms with van der Waals surface area (Å²) < 4.78 is 0. The second-order valence-electron chi connectivity index (χ2n) is 3.45. The monoisotopic (exact) mass is 194 g/mol. The summed E-state index contributed by atoms with van der Waals surface area (Å²) in [6.07, 6.45) is 1.98. The van der Waals surface area contributed by atoms with Crippen molar-refractivity contribution in [3.63, 3.8) is 0 Å². The number of amides is 1. The zero-order valence-electron chi connectivity index (χ0n) is 8.32. The number of nitrogens with zero attached hydrogens (tertiary/aromatic N) is 2. The van der Waals surface area contributed by atoms with Crippen LogP contribution in [0.5, 0.6) is 0 Å². The van der Waals surface area contributed by atoms with Crippen molar-refractivity contribution in [2.45, 2.75) is 20.3 Å². The minimum atomic E-state index is -0.0573.